The molecule has 192 valence electrons. The van der Waals surface area contributed by atoms with Crippen LogP contribution >= 0.6 is 11.6 Å². The van der Waals surface area contributed by atoms with E-state index in [9.17, 15) is 18.4 Å². The van der Waals surface area contributed by atoms with Gasteiger partial charge in [0.2, 0.25) is 5.56 Å². The Balaban J connectivity index is 1.68. The molecule has 0 radical (unpaired) electrons. The maximum atomic E-state index is 15.0. The summed E-state index contributed by atoms with van der Waals surface area (Å²) in [6, 6.07) is 8.77. The third-order valence-electron chi connectivity index (χ3n) is 6.68. The Labute approximate surface area is 214 Å². The molecule has 1 fully saturated rings. The van der Waals surface area contributed by atoms with Gasteiger partial charge < -0.3 is 9.30 Å². The van der Waals surface area contributed by atoms with Gasteiger partial charge in [0.05, 0.1) is 11.8 Å². The van der Waals surface area contributed by atoms with Gasteiger partial charge in [-0.3, -0.25) is 9.59 Å². The summed E-state index contributed by atoms with van der Waals surface area (Å²) in [7, 11) is 1.65. The lowest BCUT2D eigenvalue weighted by atomic mass is 9.89. The van der Waals surface area contributed by atoms with Gasteiger partial charge in [-0.2, -0.15) is 9.61 Å². The number of pyridine rings is 1. The third kappa shape index (κ3) is 4.67. The van der Waals surface area contributed by atoms with Crippen molar-refractivity contribution in [2.75, 3.05) is 6.61 Å². The summed E-state index contributed by atoms with van der Waals surface area (Å²) in [6.07, 6.45) is -0.564. The normalized spacial score (nSPS) is 18.0. The molecular weight excluding hydrogens is 509 g/mol. The second kappa shape index (κ2) is 9.75. The van der Waals surface area contributed by atoms with E-state index in [0.29, 0.717) is 25.1 Å². The Kier molecular flexibility index (Phi) is 6.63. The minimum absolute atomic E-state index is 0.0585. The monoisotopic (exact) mass is 530 g/mol. The highest BCUT2D eigenvalue weighted by molar-refractivity contribution is 6.30. The van der Waals surface area contributed by atoms with Crippen molar-refractivity contribution in [3.8, 4) is 11.1 Å². The van der Waals surface area contributed by atoms with Crippen molar-refractivity contribution < 1.29 is 17.9 Å². The van der Waals surface area contributed by atoms with Crippen LogP contribution in [-0.2, 0) is 11.8 Å². The molecule has 5 rings (SSSR count). The van der Waals surface area contributed by atoms with Crippen LogP contribution in [0.4, 0.5) is 13.2 Å². The van der Waals surface area contributed by atoms with Crippen LogP contribution in [0.1, 0.15) is 53.8 Å². The standard InChI is InChI=1S/C26H22ClF3N4O3/c1-13-23(24(29)30)31-25-18(17-5-4-16(27)10-19(17)28)11-20(32-34(25)26(13)36)14-7-8-37-21(9-14)15-3-6-22(35)33(2)12-15/h3-6,10-12,14,21,24H,7-9H2,1-2H3/t14-,21+/m0/s1. The van der Waals surface area contributed by atoms with Crippen LogP contribution in [0.2, 0.25) is 5.02 Å². The minimum atomic E-state index is -2.99. The van der Waals surface area contributed by atoms with Crippen molar-refractivity contribution in [3.63, 3.8) is 0 Å². The van der Waals surface area contributed by atoms with Gasteiger partial charge in [-0.15, -0.1) is 0 Å². The largest absolute Gasteiger partial charge is 0.373 e. The van der Waals surface area contributed by atoms with Crippen LogP contribution in [0.15, 0.2) is 52.2 Å². The molecule has 2 atom stereocenters. The van der Waals surface area contributed by atoms with Gasteiger partial charge >= 0.3 is 0 Å². The van der Waals surface area contributed by atoms with Crippen LogP contribution in [-0.4, -0.2) is 25.8 Å². The predicted octanol–water partition coefficient (Wildman–Crippen LogP) is 5.13. The molecule has 0 saturated carbocycles. The van der Waals surface area contributed by atoms with Crippen molar-refractivity contribution in [3.05, 3.63) is 96.7 Å². The number of alkyl halides is 2. The van der Waals surface area contributed by atoms with Crippen LogP contribution in [0, 0.1) is 12.7 Å². The fourth-order valence-corrected chi connectivity index (χ4v) is 4.81. The smallest absolute Gasteiger partial charge is 0.280 e. The Hall–Kier alpha value is -3.50. The first-order valence-corrected chi connectivity index (χ1v) is 12.0. The summed E-state index contributed by atoms with van der Waals surface area (Å²) in [5.41, 5.74) is -0.461. The lowest BCUT2D eigenvalue weighted by Crippen LogP contribution is -2.26. The Morgan fingerprint density at radius 2 is 1.92 bits per heavy atom. The first kappa shape index (κ1) is 25.2. The van der Waals surface area contributed by atoms with E-state index in [0.717, 1.165) is 16.1 Å². The van der Waals surface area contributed by atoms with Crippen LogP contribution in [0.5, 0.6) is 0 Å². The van der Waals surface area contributed by atoms with Crippen LogP contribution in [0.3, 0.4) is 0 Å². The number of aromatic nitrogens is 4. The lowest BCUT2D eigenvalue weighted by Gasteiger charge is -2.30. The molecule has 4 heterocycles. The number of hydrogen-bond donors (Lipinski definition) is 0. The molecular formula is C26H22ClF3N4O3. The van der Waals surface area contributed by atoms with Crippen LogP contribution in [0.25, 0.3) is 16.8 Å². The van der Waals surface area contributed by atoms with Crippen LogP contribution < -0.4 is 11.1 Å². The van der Waals surface area contributed by atoms with Crippen molar-refractivity contribution in [2.24, 2.45) is 7.05 Å². The van der Waals surface area contributed by atoms with Crippen molar-refractivity contribution in [1.82, 2.24) is 19.2 Å². The van der Waals surface area contributed by atoms with E-state index in [-0.39, 0.29) is 44.9 Å². The molecule has 1 saturated heterocycles. The number of benzene rings is 1. The topological polar surface area (TPSA) is 78.5 Å². The van der Waals surface area contributed by atoms with E-state index in [1.807, 2.05) is 0 Å². The molecule has 7 nitrogen and oxygen atoms in total. The van der Waals surface area contributed by atoms with Crippen molar-refractivity contribution in [1.29, 1.82) is 0 Å². The summed E-state index contributed by atoms with van der Waals surface area (Å²) in [4.78, 5) is 29.0. The average molecular weight is 531 g/mol. The molecule has 0 aliphatic carbocycles. The van der Waals surface area contributed by atoms with Gasteiger partial charge in [-0.1, -0.05) is 11.6 Å². The number of ether oxygens (including phenoxy) is 1. The quantitative estimate of drug-likeness (QED) is 0.365. The van der Waals surface area contributed by atoms with Gasteiger partial charge in [-0.25, -0.2) is 18.2 Å². The molecule has 0 unspecified atom stereocenters. The number of rotatable bonds is 4. The zero-order chi connectivity index (χ0) is 26.4. The van der Waals surface area contributed by atoms with E-state index in [1.54, 1.807) is 25.4 Å². The number of aryl methyl sites for hydroxylation is 1. The average Bonchev–Trinajstić information content (AvgIpc) is 2.87. The zero-order valence-corrected chi connectivity index (χ0v) is 20.7. The molecule has 1 aliphatic rings. The molecule has 0 spiro atoms. The van der Waals surface area contributed by atoms with Crippen molar-refractivity contribution >= 4 is 17.2 Å². The predicted molar refractivity (Wildman–Crippen MR) is 132 cm³/mol. The summed E-state index contributed by atoms with van der Waals surface area (Å²) < 4.78 is 50.7. The summed E-state index contributed by atoms with van der Waals surface area (Å²) in [5.74, 6) is -0.883. The maximum Gasteiger partial charge on any atom is 0.280 e. The highest BCUT2D eigenvalue weighted by atomic mass is 35.5. The summed E-state index contributed by atoms with van der Waals surface area (Å²) in [6.45, 7) is 1.66. The molecule has 0 amide bonds. The Bertz CT molecular complexity index is 1640. The zero-order valence-electron chi connectivity index (χ0n) is 19.9. The summed E-state index contributed by atoms with van der Waals surface area (Å²) in [5, 5.41) is 4.66. The van der Waals surface area contributed by atoms with E-state index < -0.39 is 23.5 Å². The van der Waals surface area contributed by atoms with Gasteiger partial charge in [0.25, 0.3) is 12.0 Å². The number of halogens is 4. The SMILES string of the molecule is Cc1c(C(F)F)nc2c(-c3ccc(Cl)cc3F)cc([C@H]3CCO[C@@H](c4ccc(=O)n(C)c4)C3)nn2c1=O. The fourth-order valence-electron chi connectivity index (χ4n) is 4.66. The highest BCUT2D eigenvalue weighted by Crippen LogP contribution is 2.38. The highest BCUT2D eigenvalue weighted by Gasteiger charge is 2.29. The van der Waals surface area contributed by atoms with E-state index in [4.69, 9.17) is 16.3 Å². The second-order valence-corrected chi connectivity index (χ2v) is 9.50. The molecule has 1 aliphatic heterocycles. The first-order chi connectivity index (χ1) is 17.6. The van der Waals surface area contributed by atoms with E-state index in [1.165, 1.54) is 29.7 Å². The van der Waals surface area contributed by atoms with Gasteiger partial charge in [0, 0.05) is 53.5 Å². The molecule has 37 heavy (non-hydrogen) atoms. The molecule has 1 aromatic carbocycles. The molecule has 4 aromatic rings. The maximum absolute atomic E-state index is 15.0. The molecule has 3 aromatic heterocycles. The Morgan fingerprint density at radius 1 is 1.14 bits per heavy atom. The summed E-state index contributed by atoms with van der Waals surface area (Å²) >= 11 is 5.93. The molecule has 0 N–H and O–H groups in total. The second-order valence-electron chi connectivity index (χ2n) is 9.06. The van der Waals surface area contributed by atoms with E-state index >= 15 is 4.39 Å². The first-order valence-electron chi connectivity index (χ1n) is 11.6. The third-order valence-corrected chi connectivity index (χ3v) is 6.92. The molecule has 11 heteroatoms. The number of hydrogen-bond acceptors (Lipinski definition) is 5. The Morgan fingerprint density at radius 3 is 2.62 bits per heavy atom. The van der Waals surface area contributed by atoms with Gasteiger partial charge in [0.1, 0.15) is 11.5 Å². The number of fused-ring (bicyclic) bond motifs is 1. The minimum Gasteiger partial charge on any atom is -0.373 e. The van der Waals surface area contributed by atoms with E-state index in [2.05, 4.69) is 10.1 Å². The van der Waals surface area contributed by atoms with Gasteiger partial charge in [-0.05, 0) is 55.7 Å². The number of nitrogens with zero attached hydrogens (tertiary/aromatic N) is 4. The van der Waals surface area contributed by atoms with Crippen molar-refractivity contribution in [2.45, 2.75) is 38.2 Å². The fraction of sp³-hybridized carbons (Fsp3) is 0.308. The molecule has 0 bridgehead atoms. The lowest BCUT2D eigenvalue weighted by molar-refractivity contribution is 0.00411. The van der Waals surface area contributed by atoms with Gasteiger partial charge in [0.15, 0.2) is 5.65 Å².